The minimum Gasteiger partial charge on any atom is -0.466 e. The number of fused-ring (bicyclic) bond motifs is 1. The van der Waals surface area contributed by atoms with Crippen LogP contribution < -0.4 is 0 Å². The molecule has 4 unspecified atom stereocenters. The van der Waals surface area contributed by atoms with Crippen molar-refractivity contribution < 1.29 is 47.5 Å². The first-order valence-electron chi connectivity index (χ1n) is 30.1. The second kappa shape index (κ2) is 38.7. The summed E-state index contributed by atoms with van der Waals surface area (Å²) in [7, 11) is 4.14. The second-order valence-corrected chi connectivity index (χ2v) is 23.1. The summed E-state index contributed by atoms with van der Waals surface area (Å²) in [6, 6.07) is 0. The van der Waals surface area contributed by atoms with E-state index in [1.165, 1.54) is 77.0 Å². The van der Waals surface area contributed by atoms with Gasteiger partial charge in [0.2, 0.25) is 0 Å². The van der Waals surface area contributed by atoms with Gasteiger partial charge < -0.3 is 38.1 Å². The molecule has 416 valence electrons. The van der Waals surface area contributed by atoms with E-state index in [2.05, 4.69) is 46.7 Å². The van der Waals surface area contributed by atoms with E-state index in [-0.39, 0.29) is 46.7 Å². The van der Waals surface area contributed by atoms with E-state index in [0.717, 1.165) is 174 Å². The Kier molecular flexibility index (Phi) is 34.6. The fraction of sp³-hybridized carbons (Fsp3) is 0.950. The van der Waals surface area contributed by atoms with Crippen molar-refractivity contribution in [3.8, 4) is 0 Å². The number of unbranched alkanes of at least 4 members (excludes halogenated alkanes) is 15. The maximum atomic E-state index is 13.5. The molecule has 0 spiro atoms. The largest absolute Gasteiger partial charge is 0.466 e. The number of esters is 3. The highest BCUT2D eigenvalue weighted by molar-refractivity contribution is 5.70. The summed E-state index contributed by atoms with van der Waals surface area (Å²) < 4.78 is 42.3. The monoisotopic (exact) mass is 1010 g/mol. The Morgan fingerprint density at radius 3 is 1.10 bits per heavy atom. The van der Waals surface area contributed by atoms with Crippen LogP contribution in [-0.4, -0.2) is 102 Å². The topological polar surface area (TPSA) is 119 Å². The van der Waals surface area contributed by atoms with Crippen molar-refractivity contribution in [1.82, 2.24) is 4.90 Å². The van der Waals surface area contributed by atoms with Gasteiger partial charge in [-0.2, -0.15) is 0 Å². The Hall–Kier alpha value is -1.79. The van der Waals surface area contributed by atoms with Crippen LogP contribution in [0.5, 0.6) is 0 Å². The Labute approximate surface area is 435 Å². The van der Waals surface area contributed by atoms with Crippen LogP contribution in [0.3, 0.4) is 0 Å². The van der Waals surface area contributed by atoms with Gasteiger partial charge in [-0.1, -0.05) is 105 Å². The van der Waals surface area contributed by atoms with E-state index in [9.17, 15) is 14.4 Å². The molecule has 4 rings (SSSR count). The highest BCUT2D eigenvalue weighted by atomic mass is 16.7. The molecule has 4 saturated carbocycles. The summed E-state index contributed by atoms with van der Waals surface area (Å²) >= 11 is 0. The highest BCUT2D eigenvalue weighted by Gasteiger charge is 2.59. The van der Waals surface area contributed by atoms with Crippen LogP contribution in [0.1, 0.15) is 265 Å². The van der Waals surface area contributed by atoms with Gasteiger partial charge in [-0.25, -0.2) is 0 Å². The third-order valence-corrected chi connectivity index (χ3v) is 16.1. The summed E-state index contributed by atoms with van der Waals surface area (Å²) in [5.74, 6) is 0.239. The van der Waals surface area contributed by atoms with E-state index >= 15 is 0 Å². The summed E-state index contributed by atoms with van der Waals surface area (Å²) in [5, 5.41) is 0. The van der Waals surface area contributed by atoms with Gasteiger partial charge in [-0.05, 0) is 184 Å². The number of carbonyl (C=O) groups excluding carboxylic acids is 3. The number of nitrogens with zero attached hydrogens (tertiary/aromatic N) is 1. The highest BCUT2D eigenvalue weighted by Crippen LogP contribution is 2.69. The van der Waals surface area contributed by atoms with Gasteiger partial charge >= 0.3 is 17.9 Å². The zero-order valence-corrected chi connectivity index (χ0v) is 47.1. The third-order valence-electron chi connectivity index (χ3n) is 16.1. The lowest BCUT2D eigenvalue weighted by molar-refractivity contribution is -0.150. The minimum atomic E-state index is -0.191. The summed E-state index contributed by atoms with van der Waals surface area (Å²) in [6.07, 6.45) is 36.7. The van der Waals surface area contributed by atoms with Crippen LogP contribution in [0.4, 0.5) is 0 Å². The first-order valence-corrected chi connectivity index (χ1v) is 30.1. The van der Waals surface area contributed by atoms with Gasteiger partial charge in [0, 0.05) is 45.7 Å². The maximum absolute atomic E-state index is 13.5. The predicted octanol–water partition coefficient (Wildman–Crippen LogP) is 15.0. The number of ether oxygens (including phenoxy) is 7. The van der Waals surface area contributed by atoms with Crippen molar-refractivity contribution in [3.63, 3.8) is 0 Å². The first kappa shape index (κ1) is 63.5. The molecule has 4 fully saturated rings. The maximum Gasteiger partial charge on any atom is 0.305 e. The SMILES string of the molecule is CCCCCCOC(CCCCOC(=O)CCC12CCC3(CCC(=O)OCCCCN(C)C)CC(C1)CC(CCC(=O)OCCCCC(OCCCCCC)OCCCCCC)(C2)C3)OCCCCCC. The van der Waals surface area contributed by atoms with Crippen molar-refractivity contribution in [1.29, 1.82) is 0 Å². The van der Waals surface area contributed by atoms with Gasteiger partial charge in [-0.15, -0.1) is 0 Å². The molecule has 0 aromatic rings. The van der Waals surface area contributed by atoms with Crippen molar-refractivity contribution in [2.75, 3.05) is 66.9 Å². The molecule has 0 N–H and O–H groups in total. The molecular formula is C60H111NO10. The second-order valence-electron chi connectivity index (χ2n) is 23.1. The lowest BCUT2D eigenvalue weighted by Gasteiger charge is -2.56. The van der Waals surface area contributed by atoms with Crippen LogP contribution in [0.25, 0.3) is 0 Å². The number of carbonyl (C=O) groups is 3. The summed E-state index contributed by atoms with van der Waals surface area (Å²) in [6.45, 7) is 14.2. The standard InChI is InChI=1S/C60H111NO10/c1-7-11-15-22-43-68-56(69-44-23-16-12-8-2)29-19-26-40-65-53(62)31-34-58-37-38-59(35-32-54(63)67-42-28-21-39-61(5)6)48-52(47-58)49-60(50-58,51-59)36-33-55(64)66-41-27-20-30-57(70-45-24-17-13-9-3)71-46-25-18-14-10-4/h52,56-57H,7-51H2,1-6H3. The van der Waals surface area contributed by atoms with Crippen LogP contribution in [0, 0.1) is 22.2 Å². The smallest absolute Gasteiger partial charge is 0.305 e. The molecule has 0 aromatic carbocycles. The fourth-order valence-corrected chi connectivity index (χ4v) is 12.5. The zero-order valence-electron chi connectivity index (χ0n) is 47.1. The van der Waals surface area contributed by atoms with Crippen LogP contribution in [0.15, 0.2) is 0 Å². The first-order chi connectivity index (χ1) is 34.5. The molecule has 0 aliphatic heterocycles. The Morgan fingerprint density at radius 1 is 0.423 bits per heavy atom. The Morgan fingerprint density at radius 2 is 0.746 bits per heavy atom. The van der Waals surface area contributed by atoms with Crippen molar-refractivity contribution >= 4 is 17.9 Å². The van der Waals surface area contributed by atoms with Gasteiger partial charge in [0.25, 0.3) is 0 Å². The molecule has 0 amide bonds. The van der Waals surface area contributed by atoms with Crippen LogP contribution >= 0.6 is 0 Å². The summed E-state index contributed by atoms with van der Waals surface area (Å²) in [4.78, 5) is 42.2. The summed E-state index contributed by atoms with van der Waals surface area (Å²) in [5.41, 5.74) is 0.0951. The Balaban J connectivity index is 1.54. The van der Waals surface area contributed by atoms with Crippen LogP contribution in [0.2, 0.25) is 0 Å². The molecule has 4 aliphatic carbocycles. The molecule has 71 heavy (non-hydrogen) atoms. The average molecular weight is 1010 g/mol. The van der Waals surface area contributed by atoms with E-state index in [1.54, 1.807) is 0 Å². The van der Waals surface area contributed by atoms with Gasteiger partial charge in [0.15, 0.2) is 12.6 Å². The fourth-order valence-electron chi connectivity index (χ4n) is 12.5. The molecule has 0 saturated heterocycles. The number of hydrogen-bond acceptors (Lipinski definition) is 11. The van der Waals surface area contributed by atoms with Crippen LogP contribution in [-0.2, 0) is 47.5 Å². The zero-order chi connectivity index (χ0) is 51.3. The molecule has 0 aromatic heterocycles. The molecule has 4 aliphatic rings. The van der Waals surface area contributed by atoms with Gasteiger partial charge in [-0.3, -0.25) is 14.4 Å². The number of hydrogen-bond donors (Lipinski definition) is 0. The van der Waals surface area contributed by atoms with Crippen molar-refractivity contribution in [3.05, 3.63) is 0 Å². The molecule has 11 nitrogen and oxygen atoms in total. The lowest BCUT2D eigenvalue weighted by atomic mass is 9.49. The van der Waals surface area contributed by atoms with E-state index in [1.807, 2.05) is 0 Å². The predicted molar refractivity (Wildman–Crippen MR) is 287 cm³/mol. The van der Waals surface area contributed by atoms with E-state index < -0.39 is 0 Å². The van der Waals surface area contributed by atoms with E-state index in [4.69, 9.17) is 33.2 Å². The lowest BCUT2D eigenvalue weighted by Crippen LogP contribution is -2.46. The van der Waals surface area contributed by atoms with Crippen molar-refractivity contribution in [2.45, 2.75) is 278 Å². The molecule has 4 bridgehead atoms. The average Bonchev–Trinajstić information content (AvgIpc) is 3.52. The third kappa shape index (κ3) is 28.6. The quantitative estimate of drug-likeness (QED) is 0.0251. The number of rotatable bonds is 48. The molecule has 4 atom stereocenters. The Bertz CT molecular complexity index is 1340. The molecule has 0 radical (unpaired) electrons. The van der Waals surface area contributed by atoms with Gasteiger partial charge in [0.05, 0.1) is 19.8 Å². The normalized spacial score (nSPS) is 21.7. The molecule has 0 heterocycles. The van der Waals surface area contributed by atoms with Gasteiger partial charge in [0.1, 0.15) is 0 Å². The van der Waals surface area contributed by atoms with E-state index in [0.29, 0.717) is 45.0 Å². The molecule has 11 heteroatoms. The minimum absolute atomic E-state index is 0.000480. The van der Waals surface area contributed by atoms with Crippen molar-refractivity contribution in [2.24, 2.45) is 22.2 Å². The molecular weight excluding hydrogens is 895 g/mol.